The Kier molecular flexibility index (Phi) is 4.66. The Morgan fingerprint density at radius 3 is 2.35 bits per heavy atom. The van der Waals surface area contributed by atoms with Crippen LogP contribution in [0, 0.1) is 0 Å². The van der Waals surface area contributed by atoms with Crippen LogP contribution in [0.15, 0.2) is 24.3 Å². The molecular formula is C12H15NO4. The lowest BCUT2D eigenvalue weighted by Crippen LogP contribution is -2.15. The highest BCUT2D eigenvalue weighted by atomic mass is 16.5. The third-order valence-electron chi connectivity index (χ3n) is 2.09. The largest absolute Gasteiger partial charge is 0.479 e. The second kappa shape index (κ2) is 6.00. The maximum Gasteiger partial charge on any atom is 0.337 e. The SMILES string of the molecule is CCO[C@@H](C(=O)O)c1ccc(NC(C)=O)cc1. The number of hydrogen-bond donors (Lipinski definition) is 2. The molecule has 92 valence electrons. The van der Waals surface area contributed by atoms with E-state index in [0.29, 0.717) is 17.9 Å². The highest BCUT2D eigenvalue weighted by Gasteiger charge is 2.19. The van der Waals surface area contributed by atoms with Crippen molar-refractivity contribution in [3.8, 4) is 0 Å². The molecule has 0 aliphatic rings. The van der Waals surface area contributed by atoms with Crippen molar-refractivity contribution in [2.45, 2.75) is 20.0 Å². The Bertz CT molecular complexity index is 399. The van der Waals surface area contributed by atoms with Gasteiger partial charge in [0.15, 0.2) is 6.10 Å². The molecular weight excluding hydrogens is 222 g/mol. The molecule has 0 aliphatic heterocycles. The highest BCUT2D eigenvalue weighted by Crippen LogP contribution is 2.20. The van der Waals surface area contributed by atoms with Crippen molar-refractivity contribution < 1.29 is 19.4 Å². The second-order valence-corrected chi connectivity index (χ2v) is 3.48. The minimum atomic E-state index is -1.03. The van der Waals surface area contributed by atoms with Gasteiger partial charge in [0.25, 0.3) is 0 Å². The Balaban J connectivity index is 2.84. The normalized spacial score (nSPS) is 11.9. The van der Waals surface area contributed by atoms with Crippen molar-refractivity contribution >= 4 is 17.6 Å². The minimum Gasteiger partial charge on any atom is -0.479 e. The molecule has 0 saturated carbocycles. The van der Waals surface area contributed by atoms with E-state index in [2.05, 4.69) is 5.32 Å². The number of amides is 1. The van der Waals surface area contributed by atoms with E-state index in [4.69, 9.17) is 9.84 Å². The number of aliphatic carboxylic acids is 1. The van der Waals surface area contributed by atoms with Gasteiger partial charge in [-0.25, -0.2) is 4.79 Å². The van der Waals surface area contributed by atoms with Gasteiger partial charge in [-0.05, 0) is 24.6 Å². The summed E-state index contributed by atoms with van der Waals surface area (Å²) in [5.41, 5.74) is 1.18. The van der Waals surface area contributed by atoms with Gasteiger partial charge in [0, 0.05) is 19.2 Å². The average Bonchev–Trinajstić information content (AvgIpc) is 2.26. The lowest BCUT2D eigenvalue weighted by atomic mass is 10.1. The molecule has 1 amide bonds. The summed E-state index contributed by atoms with van der Waals surface area (Å²) in [6.07, 6.45) is -0.966. The number of anilines is 1. The number of carbonyl (C=O) groups is 2. The molecule has 0 bridgehead atoms. The lowest BCUT2D eigenvalue weighted by molar-refractivity contribution is -0.150. The quantitative estimate of drug-likeness (QED) is 0.818. The van der Waals surface area contributed by atoms with Crippen molar-refractivity contribution in [3.63, 3.8) is 0 Å². The van der Waals surface area contributed by atoms with Crippen LogP contribution in [0.2, 0.25) is 0 Å². The van der Waals surface area contributed by atoms with E-state index in [1.807, 2.05) is 0 Å². The molecule has 0 aromatic heterocycles. The van der Waals surface area contributed by atoms with E-state index in [1.165, 1.54) is 6.92 Å². The number of hydrogen-bond acceptors (Lipinski definition) is 3. The number of nitrogens with one attached hydrogen (secondary N) is 1. The van der Waals surface area contributed by atoms with Gasteiger partial charge in [-0.2, -0.15) is 0 Å². The standard InChI is InChI=1S/C12H15NO4/c1-3-17-11(12(15)16)9-4-6-10(7-5-9)13-8(2)14/h4-7,11H,3H2,1-2H3,(H,13,14)(H,15,16)/t11-/m1/s1. The van der Waals surface area contributed by atoms with E-state index in [0.717, 1.165) is 0 Å². The summed E-state index contributed by atoms with van der Waals surface area (Å²) in [5.74, 6) is -1.20. The van der Waals surface area contributed by atoms with E-state index < -0.39 is 12.1 Å². The van der Waals surface area contributed by atoms with E-state index >= 15 is 0 Å². The van der Waals surface area contributed by atoms with Gasteiger partial charge in [0.05, 0.1) is 0 Å². The fourth-order valence-electron chi connectivity index (χ4n) is 1.42. The third kappa shape index (κ3) is 3.88. The zero-order valence-electron chi connectivity index (χ0n) is 9.77. The predicted octanol–water partition coefficient (Wildman–Crippen LogP) is 1.81. The van der Waals surface area contributed by atoms with Crippen LogP contribution in [-0.2, 0) is 14.3 Å². The molecule has 5 nitrogen and oxygen atoms in total. The van der Waals surface area contributed by atoms with Gasteiger partial charge >= 0.3 is 5.97 Å². The summed E-state index contributed by atoms with van der Waals surface area (Å²) in [6, 6.07) is 6.54. The van der Waals surface area contributed by atoms with Crippen LogP contribution in [0.3, 0.4) is 0 Å². The van der Waals surface area contributed by atoms with Crippen molar-refractivity contribution in [2.75, 3.05) is 11.9 Å². The zero-order chi connectivity index (χ0) is 12.8. The number of carbonyl (C=O) groups excluding carboxylic acids is 1. The van der Waals surface area contributed by atoms with Gasteiger partial charge in [-0.15, -0.1) is 0 Å². The molecule has 1 rings (SSSR count). The number of rotatable bonds is 5. The smallest absolute Gasteiger partial charge is 0.337 e. The first-order chi connectivity index (χ1) is 8.04. The Hall–Kier alpha value is -1.88. The van der Waals surface area contributed by atoms with Crippen LogP contribution in [0.5, 0.6) is 0 Å². The first-order valence-corrected chi connectivity index (χ1v) is 5.26. The van der Waals surface area contributed by atoms with E-state index in [9.17, 15) is 9.59 Å². The maximum absolute atomic E-state index is 11.0. The molecule has 0 unspecified atom stereocenters. The average molecular weight is 237 g/mol. The minimum absolute atomic E-state index is 0.169. The number of ether oxygens (including phenoxy) is 1. The van der Waals surface area contributed by atoms with E-state index in [1.54, 1.807) is 31.2 Å². The highest BCUT2D eigenvalue weighted by molar-refractivity contribution is 5.88. The van der Waals surface area contributed by atoms with Crippen molar-refractivity contribution in [2.24, 2.45) is 0 Å². The van der Waals surface area contributed by atoms with Gasteiger partial charge in [-0.1, -0.05) is 12.1 Å². The molecule has 0 radical (unpaired) electrons. The van der Waals surface area contributed by atoms with Crippen molar-refractivity contribution in [1.82, 2.24) is 0 Å². The third-order valence-corrected chi connectivity index (χ3v) is 2.09. The molecule has 5 heteroatoms. The summed E-state index contributed by atoms with van der Waals surface area (Å²) in [7, 11) is 0. The second-order valence-electron chi connectivity index (χ2n) is 3.48. The monoisotopic (exact) mass is 237 g/mol. The summed E-state index contributed by atoms with van der Waals surface area (Å²) in [4.78, 5) is 21.8. The van der Waals surface area contributed by atoms with Crippen LogP contribution in [0.4, 0.5) is 5.69 Å². The number of benzene rings is 1. The molecule has 0 spiro atoms. The first-order valence-electron chi connectivity index (χ1n) is 5.26. The fraction of sp³-hybridized carbons (Fsp3) is 0.333. The predicted molar refractivity (Wildman–Crippen MR) is 62.7 cm³/mol. The van der Waals surface area contributed by atoms with Gasteiger partial charge in [0.2, 0.25) is 5.91 Å². The zero-order valence-corrected chi connectivity index (χ0v) is 9.77. The molecule has 1 atom stereocenters. The van der Waals surface area contributed by atoms with Crippen molar-refractivity contribution in [3.05, 3.63) is 29.8 Å². The van der Waals surface area contributed by atoms with Crippen LogP contribution in [-0.4, -0.2) is 23.6 Å². The fourth-order valence-corrected chi connectivity index (χ4v) is 1.42. The van der Waals surface area contributed by atoms with Gasteiger partial charge in [-0.3, -0.25) is 4.79 Å². The molecule has 0 saturated heterocycles. The summed E-state index contributed by atoms with van der Waals surface area (Å²) >= 11 is 0. The first kappa shape index (κ1) is 13.2. The van der Waals surface area contributed by atoms with Gasteiger partial charge < -0.3 is 15.2 Å². The molecule has 17 heavy (non-hydrogen) atoms. The number of carboxylic acid groups (broad SMARTS) is 1. The Labute approximate surface area is 99.4 Å². The van der Waals surface area contributed by atoms with Crippen molar-refractivity contribution in [1.29, 1.82) is 0 Å². The maximum atomic E-state index is 11.0. The summed E-state index contributed by atoms with van der Waals surface area (Å²) in [6.45, 7) is 3.47. The molecule has 1 aromatic carbocycles. The van der Waals surface area contributed by atoms with Crippen LogP contribution < -0.4 is 5.32 Å². The van der Waals surface area contributed by atoms with Gasteiger partial charge in [0.1, 0.15) is 0 Å². The Morgan fingerprint density at radius 1 is 1.35 bits per heavy atom. The van der Waals surface area contributed by atoms with Crippen LogP contribution >= 0.6 is 0 Å². The lowest BCUT2D eigenvalue weighted by Gasteiger charge is -2.13. The topological polar surface area (TPSA) is 75.6 Å². The molecule has 2 N–H and O–H groups in total. The van der Waals surface area contributed by atoms with E-state index in [-0.39, 0.29) is 5.91 Å². The van der Waals surface area contributed by atoms with Crippen LogP contribution in [0.1, 0.15) is 25.5 Å². The summed E-state index contributed by atoms with van der Waals surface area (Å²) < 4.78 is 5.12. The summed E-state index contributed by atoms with van der Waals surface area (Å²) in [5, 5.41) is 11.6. The molecule has 1 aromatic rings. The number of carboxylic acids is 1. The molecule has 0 fully saturated rings. The Morgan fingerprint density at radius 2 is 1.94 bits per heavy atom. The molecule has 0 heterocycles. The van der Waals surface area contributed by atoms with Crippen LogP contribution in [0.25, 0.3) is 0 Å². The molecule has 0 aliphatic carbocycles.